The molecule has 0 unspecified atom stereocenters. The first-order chi connectivity index (χ1) is 12.2. The van der Waals surface area contributed by atoms with Gasteiger partial charge in [-0.25, -0.2) is 4.79 Å². The molecule has 1 saturated carbocycles. The molecule has 0 aliphatic heterocycles. The second kappa shape index (κ2) is 8.72. The van der Waals surface area contributed by atoms with Gasteiger partial charge in [0.2, 0.25) is 0 Å². The molecule has 0 atom stereocenters. The number of benzene rings is 1. The highest BCUT2D eigenvalue weighted by Gasteiger charge is 2.23. The van der Waals surface area contributed by atoms with Gasteiger partial charge >= 0.3 is 6.03 Å². The van der Waals surface area contributed by atoms with Crippen LogP contribution < -0.4 is 15.4 Å². The van der Waals surface area contributed by atoms with Crippen molar-refractivity contribution in [2.45, 2.75) is 44.4 Å². The maximum Gasteiger partial charge on any atom is 0.315 e. The average molecular weight is 360 g/mol. The number of amides is 2. The number of hydrogen-bond acceptors (Lipinski definition) is 3. The van der Waals surface area contributed by atoms with Crippen molar-refractivity contribution in [1.29, 1.82) is 0 Å². The fourth-order valence-corrected chi connectivity index (χ4v) is 3.08. The van der Waals surface area contributed by atoms with Crippen LogP contribution in [0.4, 0.5) is 4.79 Å². The fraction of sp³-hybridized carbons (Fsp3) is 0.368. The third-order valence-corrected chi connectivity index (χ3v) is 4.58. The molecule has 6 heteroatoms. The lowest BCUT2D eigenvalue weighted by Gasteiger charge is -2.29. The van der Waals surface area contributed by atoms with Crippen LogP contribution in [0, 0.1) is 0 Å². The van der Waals surface area contributed by atoms with Crippen LogP contribution in [0.15, 0.2) is 48.8 Å². The number of aromatic nitrogens is 1. The monoisotopic (exact) mass is 359 g/mol. The minimum Gasteiger partial charge on any atom is -0.490 e. The van der Waals surface area contributed by atoms with Gasteiger partial charge in [0.25, 0.3) is 0 Å². The molecule has 3 rings (SSSR count). The van der Waals surface area contributed by atoms with Crippen molar-refractivity contribution in [3.8, 4) is 5.75 Å². The van der Waals surface area contributed by atoms with Crippen LogP contribution in [0.1, 0.15) is 31.2 Å². The molecule has 1 fully saturated rings. The van der Waals surface area contributed by atoms with Crippen LogP contribution >= 0.6 is 11.6 Å². The third kappa shape index (κ3) is 5.64. The topological polar surface area (TPSA) is 63.2 Å². The summed E-state index contributed by atoms with van der Waals surface area (Å²) in [6, 6.07) is 11.3. The van der Waals surface area contributed by atoms with Crippen molar-refractivity contribution in [2.75, 3.05) is 0 Å². The van der Waals surface area contributed by atoms with E-state index in [9.17, 15) is 4.79 Å². The fourth-order valence-electron chi connectivity index (χ4n) is 2.96. The Bertz CT molecular complexity index is 671. The van der Waals surface area contributed by atoms with Gasteiger partial charge in [-0.1, -0.05) is 23.7 Å². The lowest BCUT2D eigenvalue weighted by atomic mass is 9.93. The predicted octanol–water partition coefficient (Wildman–Crippen LogP) is 3.92. The standard InChI is InChI=1S/C19H22ClN3O2/c20-15-3-1-14(2-4-15)13-22-19(24)23-16-5-7-17(8-6-16)25-18-9-11-21-12-10-18/h1-4,9-12,16-17H,5-8,13H2,(H2,22,23,24). The van der Waals surface area contributed by atoms with Crippen molar-refractivity contribution in [3.63, 3.8) is 0 Å². The van der Waals surface area contributed by atoms with Crippen molar-refractivity contribution in [2.24, 2.45) is 0 Å². The summed E-state index contributed by atoms with van der Waals surface area (Å²) in [6.45, 7) is 0.490. The average Bonchev–Trinajstić information content (AvgIpc) is 2.64. The number of carbonyl (C=O) groups is 1. The van der Waals surface area contributed by atoms with E-state index in [-0.39, 0.29) is 18.2 Å². The summed E-state index contributed by atoms with van der Waals surface area (Å²) in [5.41, 5.74) is 1.02. The third-order valence-electron chi connectivity index (χ3n) is 4.33. The van der Waals surface area contributed by atoms with Crippen molar-refractivity contribution < 1.29 is 9.53 Å². The normalized spacial score (nSPS) is 19.9. The summed E-state index contributed by atoms with van der Waals surface area (Å²) in [6.07, 6.45) is 7.38. The van der Waals surface area contributed by atoms with E-state index in [2.05, 4.69) is 15.6 Å². The molecule has 1 aliphatic rings. The smallest absolute Gasteiger partial charge is 0.315 e. The van der Waals surface area contributed by atoms with Crippen LogP contribution in [-0.4, -0.2) is 23.2 Å². The Hall–Kier alpha value is -2.27. The quantitative estimate of drug-likeness (QED) is 0.850. The van der Waals surface area contributed by atoms with Gasteiger partial charge < -0.3 is 15.4 Å². The molecule has 2 aromatic rings. The summed E-state index contributed by atoms with van der Waals surface area (Å²) in [5.74, 6) is 0.854. The Morgan fingerprint density at radius 3 is 2.44 bits per heavy atom. The Labute approximate surface area is 152 Å². The molecular formula is C19H22ClN3O2. The van der Waals surface area contributed by atoms with E-state index in [1.807, 2.05) is 36.4 Å². The van der Waals surface area contributed by atoms with Gasteiger partial charge in [-0.3, -0.25) is 4.98 Å². The van der Waals surface area contributed by atoms with E-state index in [1.165, 1.54) is 0 Å². The van der Waals surface area contributed by atoms with Gasteiger partial charge in [0.15, 0.2) is 0 Å². The van der Waals surface area contributed by atoms with Gasteiger partial charge in [-0.05, 0) is 55.5 Å². The number of halogens is 1. The minimum atomic E-state index is -0.131. The molecule has 0 saturated heterocycles. The highest BCUT2D eigenvalue weighted by molar-refractivity contribution is 6.30. The van der Waals surface area contributed by atoms with Crippen molar-refractivity contribution in [1.82, 2.24) is 15.6 Å². The van der Waals surface area contributed by atoms with E-state index < -0.39 is 0 Å². The molecule has 132 valence electrons. The van der Waals surface area contributed by atoms with Gasteiger partial charge in [-0.2, -0.15) is 0 Å². The Morgan fingerprint density at radius 1 is 1.08 bits per heavy atom. The summed E-state index contributed by atoms with van der Waals surface area (Å²) in [5, 5.41) is 6.62. The zero-order chi connectivity index (χ0) is 17.5. The minimum absolute atomic E-state index is 0.131. The largest absolute Gasteiger partial charge is 0.490 e. The number of hydrogen-bond donors (Lipinski definition) is 2. The summed E-state index contributed by atoms with van der Waals surface area (Å²) in [4.78, 5) is 16.0. The van der Waals surface area contributed by atoms with Crippen LogP contribution in [-0.2, 0) is 6.54 Å². The summed E-state index contributed by atoms with van der Waals surface area (Å²) < 4.78 is 5.94. The molecule has 1 aromatic heterocycles. The first-order valence-corrected chi connectivity index (χ1v) is 8.92. The number of rotatable bonds is 5. The molecular weight excluding hydrogens is 338 g/mol. The van der Waals surface area contributed by atoms with Crippen LogP contribution in [0.2, 0.25) is 5.02 Å². The molecule has 0 radical (unpaired) electrons. The highest BCUT2D eigenvalue weighted by Crippen LogP contribution is 2.23. The number of nitrogens with zero attached hydrogens (tertiary/aromatic N) is 1. The van der Waals surface area contributed by atoms with Crippen LogP contribution in [0.25, 0.3) is 0 Å². The molecule has 5 nitrogen and oxygen atoms in total. The number of carbonyl (C=O) groups excluding carboxylic acids is 1. The molecule has 1 heterocycles. The second-order valence-corrected chi connectivity index (χ2v) is 6.66. The van der Waals surface area contributed by atoms with Gasteiger partial charge in [0.1, 0.15) is 5.75 Å². The molecule has 2 N–H and O–H groups in total. The molecule has 1 aromatic carbocycles. The first kappa shape index (κ1) is 17.5. The number of ether oxygens (including phenoxy) is 1. The molecule has 1 aliphatic carbocycles. The number of urea groups is 1. The van der Waals surface area contributed by atoms with E-state index in [1.54, 1.807) is 12.4 Å². The predicted molar refractivity (Wildman–Crippen MR) is 97.7 cm³/mol. The second-order valence-electron chi connectivity index (χ2n) is 6.23. The Balaban J connectivity index is 1.36. The van der Waals surface area contributed by atoms with Gasteiger partial charge in [0, 0.05) is 30.0 Å². The SMILES string of the molecule is O=C(NCc1ccc(Cl)cc1)NC1CCC(Oc2ccncc2)CC1. The van der Waals surface area contributed by atoms with Crippen LogP contribution in [0.3, 0.4) is 0 Å². The summed E-state index contributed by atoms with van der Waals surface area (Å²) in [7, 11) is 0. The van der Waals surface area contributed by atoms with Crippen molar-refractivity contribution in [3.05, 3.63) is 59.4 Å². The molecule has 2 amide bonds. The van der Waals surface area contributed by atoms with Crippen molar-refractivity contribution >= 4 is 17.6 Å². The van der Waals surface area contributed by atoms with Gasteiger partial charge in [-0.15, -0.1) is 0 Å². The number of nitrogens with one attached hydrogen (secondary N) is 2. The molecule has 25 heavy (non-hydrogen) atoms. The lowest BCUT2D eigenvalue weighted by Crippen LogP contribution is -2.44. The molecule has 0 spiro atoms. The Kier molecular flexibility index (Phi) is 6.12. The zero-order valence-electron chi connectivity index (χ0n) is 14.0. The molecule has 0 bridgehead atoms. The van der Waals surface area contributed by atoms with E-state index in [0.29, 0.717) is 11.6 Å². The lowest BCUT2D eigenvalue weighted by molar-refractivity contribution is 0.140. The van der Waals surface area contributed by atoms with E-state index >= 15 is 0 Å². The maximum absolute atomic E-state index is 12.0. The maximum atomic E-state index is 12.0. The van der Waals surface area contributed by atoms with Gasteiger partial charge in [0.05, 0.1) is 6.10 Å². The zero-order valence-corrected chi connectivity index (χ0v) is 14.7. The van der Waals surface area contributed by atoms with E-state index in [4.69, 9.17) is 16.3 Å². The number of pyridine rings is 1. The first-order valence-electron chi connectivity index (χ1n) is 8.54. The summed E-state index contributed by atoms with van der Waals surface area (Å²) >= 11 is 5.85. The Morgan fingerprint density at radius 2 is 1.76 bits per heavy atom. The van der Waals surface area contributed by atoms with E-state index in [0.717, 1.165) is 37.0 Å². The highest BCUT2D eigenvalue weighted by atomic mass is 35.5. The van der Waals surface area contributed by atoms with Crippen LogP contribution in [0.5, 0.6) is 5.75 Å².